The van der Waals surface area contributed by atoms with Crippen molar-refractivity contribution in [2.24, 2.45) is 0 Å². The van der Waals surface area contributed by atoms with E-state index in [2.05, 4.69) is 4.74 Å². The molecule has 0 aliphatic carbocycles. The van der Waals surface area contributed by atoms with Crippen LogP contribution >= 0.6 is 0 Å². The molecule has 0 fully saturated rings. The average Bonchev–Trinajstić information content (AvgIpc) is 1.83. The Morgan fingerprint density at radius 3 is 1.91 bits per heavy atom. The first-order valence-corrected chi connectivity index (χ1v) is 3.47. The Hall–Kier alpha value is -0.250. The zero-order chi connectivity index (χ0) is 9.12. The second-order valence-electron chi connectivity index (χ2n) is 3.02. The van der Waals surface area contributed by atoms with Gasteiger partial charge >= 0.3 is 6.18 Å². The summed E-state index contributed by atoms with van der Waals surface area (Å²) in [6.07, 6.45) is -3.64. The molecule has 1 nitrogen and oxygen atoms in total. The minimum Gasteiger partial charge on any atom is -0.366 e. The van der Waals surface area contributed by atoms with E-state index in [4.69, 9.17) is 0 Å². The predicted molar refractivity (Wildman–Crippen MR) is 36.4 cm³/mol. The van der Waals surface area contributed by atoms with Gasteiger partial charge in [0.2, 0.25) is 0 Å². The van der Waals surface area contributed by atoms with Gasteiger partial charge in [-0.05, 0) is 20.3 Å². The van der Waals surface area contributed by atoms with Crippen LogP contribution in [-0.4, -0.2) is 18.4 Å². The molecule has 0 aromatic carbocycles. The number of rotatable bonds is 3. The largest absolute Gasteiger partial charge is 0.411 e. The second-order valence-corrected chi connectivity index (χ2v) is 3.02. The highest BCUT2D eigenvalue weighted by Crippen LogP contribution is 2.20. The molecule has 68 valence electrons. The van der Waals surface area contributed by atoms with Crippen LogP contribution in [0.15, 0.2) is 0 Å². The maximum Gasteiger partial charge on any atom is 0.411 e. The summed E-state index contributed by atoms with van der Waals surface area (Å²) in [5.74, 6) is 0. The Bertz CT molecular complexity index is 117. The quantitative estimate of drug-likeness (QED) is 0.632. The smallest absolute Gasteiger partial charge is 0.366 e. The monoisotopic (exact) mass is 170 g/mol. The number of hydrogen-bond acceptors (Lipinski definition) is 1. The van der Waals surface area contributed by atoms with Gasteiger partial charge in [-0.25, -0.2) is 0 Å². The molecule has 0 rings (SSSR count). The minimum absolute atomic E-state index is 0.572. The first-order chi connectivity index (χ1) is 4.77. The highest BCUT2D eigenvalue weighted by atomic mass is 19.4. The van der Waals surface area contributed by atoms with Crippen LogP contribution in [0.1, 0.15) is 27.2 Å². The fourth-order valence-corrected chi connectivity index (χ4v) is 0.379. The van der Waals surface area contributed by atoms with Crippen LogP contribution in [0.3, 0.4) is 0 Å². The van der Waals surface area contributed by atoms with E-state index in [9.17, 15) is 13.2 Å². The molecule has 0 aliphatic rings. The van der Waals surface area contributed by atoms with E-state index in [1.807, 2.05) is 0 Å². The topological polar surface area (TPSA) is 9.23 Å². The normalized spacial score (nSPS) is 13.6. The maximum absolute atomic E-state index is 11.6. The number of alkyl halides is 3. The summed E-state index contributed by atoms with van der Waals surface area (Å²) in [6, 6.07) is 0. The molecular formula is C7H13F3O. The standard InChI is InChI=1S/C7H13F3O/c1-4-6(2,3)11-5-7(8,9)10/h4-5H2,1-3H3. The first-order valence-electron chi connectivity index (χ1n) is 3.47. The van der Waals surface area contributed by atoms with Crippen LogP contribution in [0, 0.1) is 0 Å². The van der Waals surface area contributed by atoms with Gasteiger partial charge in [0.15, 0.2) is 0 Å². The molecule has 0 amide bonds. The van der Waals surface area contributed by atoms with Crippen molar-refractivity contribution in [2.75, 3.05) is 6.61 Å². The highest BCUT2D eigenvalue weighted by Gasteiger charge is 2.30. The van der Waals surface area contributed by atoms with E-state index in [1.54, 1.807) is 20.8 Å². The molecule has 0 heterocycles. The number of hydrogen-bond donors (Lipinski definition) is 0. The lowest BCUT2D eigenvalue weighted by Gasteiger charge is -2.23. The molecule has 0 bridgehead atoms. The Morgan fingerprint density at radius 2 is 1.64 bits per heavy atom. The summed E-state index contributed by atoms with van der Waals surface area (Å²) in [6.45, 7) is 3.90. The molecule has 0 radical (unpaired) electrons. The fraction of sp³-hybridized carbons (Fsp3) is 1.00. The maximum atomic E-state index is 11.6. The van der Waals surface area contributed by atoms with Crippen molar-refractivity contribution in [3.05, 3.63) is 0 Å². The van der Waals surface area contributed by atoms with Gasteiger partial charge in [-0.3, -0.25) is 0 Å². The Kier molecular flexibility index (Phi) is 3.35. The van der Waals surface area contributed by atoms with Gasteiger partial charge < -0.3 is 4.74 Å². The Morgan fingerprint density at radius 1 is 1.18 bits per heavy atom. The predicted octanol–water partition coefficient (Wildman–Crippen LogP) is 2.75. The lowest BCUT2D eigenvalue weighted by atomic mass is 10.1. The van der Waals surface area contributed by atoms with Gasteiger partial charge in [-0.2, -0.15) is 13.2 Å². The molecule has 0 unspecified atom stereocenters. The van der Waals surface area contributed by atoms with Crippen LogP contribution < -0.4 is 0 Å². The average molecular weight is 170 g/mol. The van der Waals surface area contributed by atoms with E-state index in [-0.39, 0.29) is 0 Å². The van der Waals surface area contributed by atoms with E-state index in [1.165, 1.54) is 0 Å². The van der Waals surface area contributed by atoms with Gasteiger partial charge in [0.1, 0.15) is 6.61 Å². The molecule has 0 aromatic heterocycles. The molecule has 0 N–H and O–H groups in total. The fourth-order valence-electron chi connectivity index (χ4n) is 0.379. The van der Waals surface area contributed by atoms with Crippen molar-refractivity contribution in [3.63, 3.8) is 0 Å². The lowest BCUT2D eigenvalue weighted by Crippen LogP contribution is -2.29. The van der Waals surface area contributed by atoms with Crippen molar-refractivity contribution < 1.29 is 17.9 Å². The molecule has 0 spiro atoms. The summed E-state index contributed by atoms with van der Waals surface area (Å²) in [5.41, 5.74) is -0.671. The van der Waals surface area contributed by atoms with Gasteiger partial charge in [0.25, 0.3) is 0 Å². The highest BCUT2D eigenvalue weighted by molar-refractivity contribution is 4.66. The van der Waals surface area contributed by atoms with E-state index < -0.39 is 18.4 Å². The van der Waals surface area contributed by atoms with Crippen molar-refractivity contribution >= 4 is 0 Å². The molecule has 0 saturated carbocycles. The third-order valence-electron chi connectivity index (χ3n) is 1.48. The van der Waals surface area contributed by atoms with Crippen LogP contribution in [0.4, 0.5) is 13.2 Å². The first kappa shape index (κ1) is 10.8. The molecule has 0 saturated heterocycles. The summed E-state index contributed by atoms with van der Waals surface area (Å²) >= 11 is 0. The van der Waals surface area contributed by atoms with Crippen molar-refractivity contribution in [1.82, 2.24) is 0 Å². The molecule has 4 heteroatoms. The molecule has 0 aromatic rings. The van der Waals surface area contributed by atoms with E-state index >= 15 is 0 Å². The van der Waals surface area contributed by atoms with Crippen LogP contribution in [-0.2, 0) is 4.74 Å². The molecule has 0 aliphatic heterocycles. The van der Waals surface area contributed by atoms with E-state index in [0.29, 0.717) is 6.42 Å². The van der Waals surface area contributed by atoms with Crippen LogP contribution in [0.5, 0.6) is 0 Å². The van der Waals surface area contributed by atoms with Gasteiger partial charge in [0.05, 0.1) is 5.60 Å². The zero-order valence-electron chi connectivity index (χ0n) is 6.96. The molecular weight excluding hydrogens is 157 g/mol. The van der Waals surface area contributed by atoms with Crippen molar-refractivity contribution in [3.8, 4) is 0 Å². The summed E-state index contributed by atoms with van der Waals surface area (Å²) in [7, 11) is 0. The molecule has 11 heavy (non-hydrogen) atoms. The Labute approximate surface area is 64.5 Å². The van der Waals surface area contributed by atoms with Gasteiger partial charge in [0, 0.05) is 0 Å². The third-order valence-corrected chi connectivity index (χ3v) is 1.48. The second kappa shape index (κ2) is 3.43. The summed E-state index contributed by atoms with van der Waals surface area (Å²) in [5, 5.41) is 0. The zero-order valence-corrected chi connectivity index (χ0v) is 6.96. The van der Waals surface area contributed by atoms with Crippen molar-refractivity contribution in [2.45, 2.75) is 39.0 Å². The van der Waals surface area contributed by atoms with Crippen molar-refractivity contribution in [1.29, 1.82) is 0 Å². The summed E-state index contributed by atoms with van der Waals surface area (Å²) in [4.78, 5) is 0. The lowest BCUT2D eigenvalue weighted by molar-refractivity contribution is -0.200. The summed E-state index contributed by atoms with van der Waals surface area (Å²) < 4.78 is 39.4. The van der Waals surface area contributed by atoms with Gasteiger partial charge in [-0.1, -0.05) is 6.92 Å². The van der Waals surface area contributed by atoms with E-state index in [0.717, 1.165) is 0 Å². The van der Waals surface area contributed by atoms with Crippen LogP contribution in [0.25, 0.3) is 0 Å². The minimum atomic E-state index is -4.22. The van der Waals surface area contributed by atoms with Crippen LogP contribution in [0.2, 0.25) is 0 Å². The van der Waals surface area contributed by atoms with Gasteiger partial charge in [-0.15, -0.1) is 0 Å². The SMILES string of the molecule is CCC(C)(C)OCC(F)(F)F. The number of ether oxygens (including phenoxy) is 1. The molecule has 0 atom stereocenters. The third kappa shape index (κ3) is 6.16. The number of halogens is 3. The Balaban J connectivity index is 3.70.